The van der Waals surface area contributed by atoms with E-state index in [2.05, 4.69) is 9.47 Å². The van der Waals surface area contributed by atoms with Crippen molar-refractivity contribution in [3.8, 4) is 11.4 Å². The molecule has 0 amide bonds. The Kier molecular flexibility index (Phi) is 5.27. The van der Waals surface area contributed by atoms with E-state index in [4.69, 9.17) is 19.7 Å². The lowest BCUT2D eigenvalue weighted by Crippen LogP contribution is -2.37. The first-order chi connectivity index (χ1) is 15.2. The maximum atomic E-state index is 11.0. The highest BCUT2D eigenvalue weighted by Gasteiger charge is 2.18. The predicted molar refractivity (Wildman–Crippen MR) is 117 cm³/mol. The van der Waals surface area contributed by atoms with Crippen molar-refractivity contribution in [1.82, 2.24) is 24.4 Å². The van der Waals surface area contributed by atoms with Crippen molar-refractivity contribution < 1.29 is 9.66 Å². The molecule has 3 heterocycles. The van der Waals surface area contributed by atoms with Gasteiger partial charge in [0.1, 0.15) is 5.82 Å². The maximum absolute atomic E-state index is 11.0. The number of benzene rings is 2. The molecule has 0 unspecified atom stereocenters. The van der Waals surface area contributed by atoms with Crippen LogP contribution in [0.2, 0.25) is 0 Å². The number of para-hydroxylation sites is 2. The molecule has 0 spiro atoms. The molecule has 9 heteroatoms. The Balaban J connectivity index is 1.52. The summed E-state index contributed by atoms with van der Waals surface area (Å²) in [6, 6.07) is 14.2. The van der Waals surface area contributed by atoms with Crippen LogP contribution in [0.5, 0.6) is 0 Å². The van der Waals surface area contributed by atoms with Gasteiger partial charge in [-0.05, 0) is 30.7 Å². The minimum absolute atomic E-state index is 0.0562. The maximum Gasteiger partial charge on any atom is 0.269 e. The molecule has 2 aromatic carbocycles. The van der Waals surface area contributed by atoms with Crippen LogP contribution in [0.25, 0.3) is 33.7 Å². The van der Waals surface area contributed by atoms with Gasteiger partial charge in [-0.15, -0.1) is 0 Å². The molecular formula is C22H22N6O3. The van der Waals surface area contributed by atoms with Gasteiger partial charge in [0.2, 0.25) is 0 Å². The number of morpholine rings is 1. The molecule has 5 rings (SSSR count). The Hall–Kier alpha value is -3.43. The molecule has 0 aliphatic carbocycles. The lowest BCUT2D eigenvalue weighted by Gasteiger charge is -2.26. The van der Waals surface area contributed by atoms with Gasteiger partial charge in [0.25, 0.3) is 5.69 Å². The van der Waals surface area contributed by atoms with Gasteiger partial charge < -0.3 is 9.30 Å². The first-order valence-corrected chi connectivity index (χ1v) is 10.4. The smallest absolute Gasteiger partial charge is 0.269 e. The zero-order valence-corrected chi connectivity index (χ0v) is 17.0. The van der Waals surface area contributed by atoms with E-state index in [9.17, 15) is 10.1 Å². The van der Waals surface area contributed by atoms with Crippen LogP contribution in [-0.4, -0.2) is 62.2 Å². The Morgan fingerprint density at radius 2 is 1.65 bits per heavy atom. The number of aromatic nitrogens is 4. The Morgan fingerprint density at radius 3 is 2.35 bits per heavy atom. The summed E-state index contributed by atoms with van der Waals surface area (Å²) in [5, 5.41) is 11.0. The highest BCUT2D eigenvalue weighted by Crippen LogP contribution is 2.26. The predicted octanol–water partition coefficient (Wildman–Crippen LogP) is 3.28. The van der Waals surface area contributed by atoms with E-state index >= 15 is 0 Å². The first-order valence-electron chi connectivity index (χ1n) is 10.4. The van der Waals surface area contributed by atoms with Crippen LogP contribution < -0.4 is 0 Å². The van der Waals surface area contributed by atoms with Gasteiger partial charge in [-0.1, -0.05) is 12.1 Å². The monoisotopic (exact) mass is 418 g/mol. The van der Waals surface area contributed by atoms with E-state index in [1.165, 1.54) is 12.1 Å². The fourth-order valence-electron chi connectivity index (χ4n) is 3.94. The number of aryl methyl sites for hydroxylation is 1. The topological polar surface area (TPSA) is 99.2 Å². The molecule has 0 saturated carbocycles. The highest BCUT2D eigenvalue weighted by atomic mass is 16.6. The van der Waals surface area contributed by atoms with Crippen LogP contribution in [0, 0.1) is 10.1 Å². The molecule has 1 fully saturated rings. The van der Waals surface area contributed by atoms with Gasteiger partial charge in [0.15, 0.2) is 11.3 Å². The van der Waals surface area contributed by atoms with E-state index in [-0.39, 0.29) is 5.69 Å². The number of non-ortho nitro benzene ring substituents is 1. The SMILES string of the molecule is O=[N+]([O-])c1ccc(-c2nc3nc4ccccc4nc3n2CCCN2CCOCC2)cc1. The van der Waals surface area contributed by atoms with E-state index in [0.29, 0.717) is 5.65 Å². The molecule has 1 aliphatic rings. The van der Waals surface area contributed by atoms with Gasteiger partial charge in [-0.3, -0.25) is 15.0 Å². The van der Waals surface area contributed by atoms with Gasteiger partial charge >= 0.3 is 0 Å². The quantitative estimate of drug-likeness (QED) is 0.350. The van der Waals surface area contributed by atoms with E-state index < -0.39 is 4.92 Å². The molecule has 9 nitrogen and oxygen atoms in total. The average Bonchev–Trinajstić information content (AvgIpc) is 3.15. The molecule has 2 aromatic heterocycles. The summed E-state index contributed by atoms with van der Waals surface area (Å²) >= 11 is 0. The zero-order chi connectivity index (χ0) is 21.2. The number of nitro groups is 1. The van der Waals surface area contributed by atoms with Crippen molar-refractivity contribution in [2.24, 2.45) is 0 Å². The fraction of sp³-hybridized carbons (Fsp3) is 0.318. The molecule has 0 atom stereocenters. The van der Waals surface area contributed by atoms with Gasteiger partial charge in [-0.2, -0.15) is 0 Å². The van der Waals surface area contributed by atoms with E-state index in [0.717, 1.165) is 73.9 Å². The average molecular weight is 418 g/mol. The van der Waals surface area contributed by atoms with Crippen molar-refractivity contribution >= 4 is 28.0 Å². The van der Waals surface area contributed by atoms with Crippen molar-refractivity contribution in [3.63, 3.8) is 0 Å². The van der Waals surface area contributed by atoms with Crippen LogP contribution in [0.1, 0.15) is 6.42 Å². The van der Waals surface area contributed by atoms with Gasteiger partial charge in [0.05, 0.1) is 29.2 Å². The lowest BCUT2D eigenvalue weighted by atomic mass is 10.2. The first kappa shape index (κ1) is 19.5. The van der Waals surface area contributed by atoms with Crippen LogP contribution in [0.4, 0.5) is 5.69 Å². The van der Waals surface area contributed by atoms with Gasteiger partial charge in [0, 0.05) is 43.9 Å². The van der Waals surface area contributed by atoms with Crippen molar-refractivity contribution in [3.05, 3.63) is 58.6 Å². The van der Waals surface area contributed by atoms with Crippen molar-refractivity contribution in [2.45, 2.75) is 13.0 Å². The highest BCUT2D eigenvalue weighted by molar-refractivity contribution is 5.84. The molecule has 0 N–H and O–H groups in total. The number of rotatable bonds is 6. The number of nitro benzene ring substituents is 1. The fourth-order valence-corrected chi connectivity index (χ4v) is 3.94. The summed E-state index contributed by atoms with van der Waals surface area (Å²) in [6.45, 7) is 5.14. The summed E-state index contributed by atoms with van der Waals surface area (Å²) in [4.78, 5) is 27.3. The number of nitrogens with zero attached hydrogens (tertiary/aromatic N) is 6. The summed E-state index contributed by atoms with van der Waals surface area (Å²) in [5.41, 5.74) is 3.79. The third kappa shape index (κ3) is 3.97. The minimum atomic E-state index is -0.398. The van der Waals surface area contributed by atoms with Crippen LogP contribution >= 0.6 is 0 Å². The zero-order valence-electron chi connectivity index (χ0n) is 17.0. The second-order valence-electron chi connectivity index (χ2n) is 7.56. The standard InChI is InChI=1S/C22H22N6O3/c29-28(30)17-8-6-16(7-9-17)21-25-20-22(24-19-5-2-1-4-18(19)23-20)27(21)11-3-10-26-12-14-31-15-13-26/h1-2,4-9H,3,10-15H2. The molecule has 0 radical (unpaired) electrons. The molecule has 4 aromatic rings. The minimum Gasteiger partial charge on any atom is -0.379 e. The van der Waals surface area contributed by atoms with Crippen LogP contribution in [-0.2, 0) is 11.3 Å². The van der Waals surface area contributed by atoms with E-state index in [1.807, 2.05) is 24.3 Å². The Labute approximate surface area is 178 Å². The Morgan fingerprint density at radius 1 is 0.935 bits per heavy atom. The Bertz CT molecular complexity index is 1230. The second-order valence-corrected chi connectivity index (χ2v) is 7.56. The number of hydrogen-bond acceptors (Lipinski definition) is 7. The molecule has 1 saturated heterocycles. The van der Waals surface area contributed by atoms with Gasteiger partial charge in [-0.25, -0.2) is 15.0 Å². The number of fused-ring (bicyclic) bond motifs is 2. The van der Waals surface area contributed by atoms with Crippen molar-refractivity contribution in [1.29, 1.82) is 0 Å². The van der Waals surface area contributed by atoms with Crippen LogP contribution in [0.3, 0.4) is 0 Å². The normalized spacial score (nSPS) is 15.0. The van der Waals surface area contributed by atoms with Crippen LogP contribution in [0.15, 0.2) is 48.5 Å². The lowest BCUT2D eigenvalue weighted by molar-refractivity contribution is -0.384. The third-order valence-electron chi connectivity index (χ3n) is 5.55. The number of imidazole rings is 1. The summed E-state index contributed by atoms with van der Waals surface area (Å²) in [5.74, 6) is 0.724. The second kappa shape index (κ2) is 8.37. The number of ether oxygens (including phenoxy) is 1. The molecule has 158 valence electrons. The largest absolute Gasteiger partial charge is 0.379 e. The summed E-state index contributed by atoms with van der Waals surface area (Å²) < 4.78 is 7.51. The molecular weight excluding hydrogens is 396 g/mol. The molecule has 31 heavy (non-hydrogen) atoms. The summed E-state index contributed by atoms with van der Waals surface area (Å²) in [7, 11) is 0. The summed E-state index contributed by atoms with van der Waals surface area (Å²) in [6.07, 6.45) is 0.931. The molecule has 1 aliphatic heterocycles. The van der Waals surface area contributed by atoms with E-state index in [1.54, 1.807) is 12.1 Å². The third-order valence-corrected chi connectivity index (χ3v) is 5.55. The van der Waals surface area contributed by atoms with Crippen molar-refractivity contribution in [2.75, 3.05) is 32.8 Å². The molecule has 0 bridgehead atoms. The number of hydrogen-bond donors (Lipinski definition) is 0.